The lowest BCUT2D eigenvalue weighted by molar-refractivity contribution is -0.126. The van der Waals surface area contributed by atoms with Crippen molar-refractivity contribution in [1.82, 2.24) is 10.6 Å². The topological polar surface area (TPSA) is 59.6 Å². The van der Waals surface area contributed by atoms with Gasteiger partial charge in [-0.3, -0.25) is 4.79 Å². The summed E-state index contributed by atoms with van der Waals surface area (Å²) in [5.41, 5.74) is 0. The predicted octanol–water partition coefficient (Wildman–Crippen LogP) is -0.872. The van der Waals surface area contributed by atoms with Crippen LogP contribution in [0.15, 0.2) is 0 Å². The summed E-state index contributed by atoms with van der Waals surface area (Å²) < 4.78 is 9.88. The van der Waals surface area contributed by atoms with Gasteiger partial charge in [0, 0.05) is 19.7 Å². The molecule has 0 aromatic carbocycles. The molecule has 0 spiro atoms. The second-order valence-electron chi connectivity index (χ2n) is 3.30. The highest BCUT2D eigenvalue weighted by Crippen LogP contribution is 1.96. The first kappa shape index (κ1) is 11.4. The van der Waals surface area contributed by atoms with Crippen molar-refractivity contribution < 1.29 is 14.3 Å². The number of carbonyl (C=O) groups excluding carboxylic acids is 1. The standard InChI is InChI=1S/C9H18N2O3/c1-13-4-5-14-7-9(12)11-8-2-3-10-6-8/h8,10H,2-7H2,1H3,(H,11,12). The number of amides is 1. The van der Waals surface area contributed by atoms with E-state index in [2.05, 4.69) is 10.6 Å². The third kappa shape index (κ3) is 4.55. The van der Waals surface area contributed by atoms with Gasteiger partial charge in [-0.05, 0) is 13.0 Å². The number of carbonyl (C=O) groups is 1. The third-order valence-corrected chi connectivity index (χ3v) is 2.09. The lowest BCUT2D eigenvalue weighted by Gasteiger charge is -2.11. The molecule has 1 fully saturated rings. The van der Waals surface area contributed by atoms with E-state index in [1.807, 2.05) is 0 Å². The number of methoxy groups -OCH3 is 1. The molecule has 2 N–H and O–H groups in total. The largest absolute Gasteiger partial charge is 0.382 e. The molecule has 0 saturated carbocycles. The summed E-state index contributed by atoms with van der Waals surface area (Å²) >= 11 is 0. The smallest absolute Gasteiger partial charge is 0.246 e. The van der Waals surface area contributed by atoms with E-state index in [0.717, 1.165) is 19.5 Å². The Morgan fingerprint density at radius 1 is 1.57 bits per heavy atom. The van der Waals surface area contributed by atoms with Crippen molar-refractivity contribution >= 4 is 5.91 Å². The molecule has 1 saturated heterocycles. The van der Waals surface area contributed by atoms with E-state index in [4.69, 9.17) is 9.47 Å². The van der Waals surface area contributed by atoms with Crippen LogP contribution in [0, 0.1) is 0 Å². The van der Waals surface area contributed by atoms with Gasteiger partial charge in [-0.15, -0.1) is 0 Å². The van der Waals surface area contributed by atoms with E-state index in [0.29, 0.717) is 13.2 Å². The predicted molar refractivity (Wildman–Crippen MR) is 52.1 cm³/mol. The van der Waals surface area contributed by atoms with Crippen LogP contribution in [0.4, 0.5) is 0 Å². The lowest BCUT2D eigenvalue weighted by atomic mass is 10.2. The Morgan fingerprint density at radius 3 is 3.07 bits per heavy atom. The monoisotopic (exact) mass is 202 g/mol. The molecule has 1 heterocycles. The number of rotatable bonds is 6. The van der Waals surface area contributed by atoms with Gasteiger partial charge in [-0.1, -0.05) is 0 Å². The van der Waals surface area contributed by atoms with E-state index in [1.165, 1.54) is 0 Å². The van der Waals surface area contributed by atoms with Crippen LogP contribution in [0.3, 0.4) is 0 Å². The Hall–Kier alpha value is -0.650. The maximum atomic E-state index is 11.3. The molecule has 0 radical (unpaired) electrons. The number of ether oxygens (including phenoxy) is 2. The van der Waals surface area contributed by atoms with Crippen molar-refractivity contribution in [1.29, 1.82) is 0 Å². The maximum absolute atomic E-state index is 11.3. The number of hydrogen-bond acceptors (Lipinski definition) is 4. The molecule has 0 aromatic rings. The Labute approximate surface area is 84.1 Å². The Bertz CT molecular complexity index is 169. The SMILES string of the molecule is COCCOCC(=O)NC1CCNC1. The van der Waals surface area contributed by atoms with Gasteiger partial charge in [0.25, 0.3) is 0 Å². The highest BCUT2D eigenvalue weighted by molar-refractivity contribution is 5.77. The minimum absolute atomic E-state index is 0.0465. The van der Waals surface area contributed by atoms with Crippen LogP contribution in [0.2, 0.25) is 0 Å². The fourth-order valence-electron chi connectivity index (χ4n) is 1.35. The zero-order valence-corrected chi connectivity index (χ0v) is 8.54. The second kappa shape index (κ2) is 6.75. The summed E-state index contributed by atoms with van der Waals surface area (Å²) in [6, 6.07) is 0.272. The average molecular weight is 202 g/mol. The van der Waals surface area contributed by atoms with Crippen molar-refractivity contribution in [3.8, 4) is 0 Å². The molecule has 1 aliphatic heterocycles. The normalized spacial score (nSPS) is 21.1. The van der Waals surface area contributed by atoms with Gasteiger partial charge in [-0.2, -0.15) is 0 Å². The zero-order valence-electron chi connectivity index (χ0n) is 8.54. The number of hydrogen-bond donors (Lipinski definition) is 2. The molecule has 5 heteroatoms. The van der Waals surface area contributed by atoms with Crippen LogP contribution in [0.1, 0.15) is 6.42 Å². The summed E-state index contributed by atoms with van der Waals surface area (Å²) in [7, 11) is 1.60. The quantitative estimate of drug-likeness (QED) is 0.550. The van der Waals surface area contributed by atoms with Crippen LogP contribution in [-0.2, 0) is 14.3 Å². The highest BCUT2D eigenvalue weighted by atomic mass is 16.5. The molecule has 0 aromatic heterocycles. The Morgan fingerprint density at radius 2 is 2.43 bits per heavy atom. The van der Waals surface area contributed by atoms with Gasteiger partial charge in [0.1, 0.15) is 6.61 Å². The summed E-state index contributed by atoms with van der Waals surface area (Å²) in [5, 5.41) is 6.07. The molecule has 1 aliphatic rings. The molecular weight excluding hydrogens is 184 g/mol. The maximum Gasteiger partial charge on any atom is 0.246 e. The fraction of sp³-hybridized carbons (Fsp3) is 0.889. The van der Waals surface area contributed by atoms with Crippen molar-refractivity contribution in [2.45, 2.75) is 12.5 Å². The fourth-order valence-corrected chi connectivity index (χ4v) is 1.35. The first-order valence-electron chi connectivity index (χ1n) is 4.89. The van der Waals surface area contributed by atoms with Gasteiger partial charge < -0.3 is 20.1 Å². The van der Waals surface area contributed by atoms with Crippen molar-refractivity contribution in [3.05, 3.63) is 0 Å². The minimum Gasteiger partial charge on any atom is -0.382 e. The van der Waals surface area contributed by atoms with E-state index in [1.54, 1.807) is 7.11 Å². The van der Waals surface area contributed by atoms with Crippen LogP contribution in [-0.4, -0.2) is 52.0 Å². The molecule has 14 heavy (non-hydrogen) atoms. The average Bonchev–Trinajstić information content (AvgIpc) is 2.65. The van der Waals surface area contributed by atoms with Gasteiger partial charge in [0.05, 0.1) is 13.2 Å². The minimum atomic E-state index is -0.0465. The van der Waals surface area contributed by atoms with Crippen LogP contribution in [0.25, 0.3) is 0 Å². The second-order valence-corrected chi connectivity index (χ2v) is 3.30. The summed E-state index contributed by atoms with van der Waals surface area (Å²) in [4.78, 5) is 11.3. The number of nitrogens with one attached hydrogen (secondary N) is 2. The summed E-state index contributed by atoms with van der Waals surface area (Å²) in [5.74, 6) is -0.0465. The van der Waals surface area contributed by atoms with E-state index in [-0.39, 0.29) is 18.6 Å². The highest BCUT2D eigenvalue weighted by Gasteiger charge is 2.16. The molecule has 82 valence electrons. The first-order valence-corrected chi connectivity index (χ1v) is 4.89. The summed E-state index contributed by atoms with van der Waals surface area (Å²) in [6.07, 6.45) is 1.00. The molecule has 0 bridgehead atoms. The Balaban J connectivity index is 1.98. The van der Waals surface area contributed by atoms with E-state index in [9.17, 15) is 4.79 Å². The van der Waals surface area contributed by atoms with Crippen molar-refractivity contribution in [3.63, 3.8) is 0 Å². The van der Waals surface area contributed by atoms with Gasteiger partial charge in [0.15, 0.2) is 0 Å². The van der Waals surface area contributed by atoms with Gasteiger partial charge >= 0.3 is 0 Å². The van der Waals surface area contributed by atoms with Gasteiger partial charge in [0.2, 0.25) is 5.91 Å². The van der Waals surface area contributed by atoms with Crippen molar-refractivity contribution in [2.75, 3.05) is 40.0 Å². The molecule has 1 amide bonds. The molecule has 5 nitrogen and oxygen atoms in total. The molecule has 1 atom stereocenters. The molecular formula is C9H18N2O3. The van der Waals surface area contributed by atoms with E-state index < -0.39 is 0 Å². The van der Waals surface area contributed by atoms with E-state index >= 15 is 0 Å². The van der Waals surface area contributed by atoms with Crippen LogP contribution in [0.5, 0.6) is 0 Å². The van der Waals surface area contributed by atoms with Crippen LogP contribution >= 0.6 is 0 Å². The molecule has 0 aliphatic carbocycles. The van der Waals surface area contributed by atoms with Gasteiger partial charge in [-0.25, -0.2) is 0 Å². The van der Waals surface area contributed by atoms with Crippen LogP contribution < -0.4 is 10.6 Å². The first-order chi connectivity index (χ1) is 6.83. The third-order valence-electron chi connectivity index (χ3n) is 2.09. The molecule has 1 unspecified atom stereocenters. The van der Waals surface area contributed by atoms with Crippen molar-refractivity contribution in [2.24, 2.45) is 0 Å². The molecule has 1 rings (SSSR count). The lowest BCUT2D eigenvalue weighted by Crippen LogP contribution is -2.38. The Kier molecular flexibility index (Phi) is 5.51. The summed E-state index contributed by atoms with van der Waals surface area (Å²) in [6.45, 7) is 2.96. The zero-order chi connectivity index (χ0) is 10.2.